The van der Waals surface area contributed by atoms with Crippen LogP contribution in [-0.4, -0.2) is 20.9 Å². The van der Waals surface area contributed by atoms with Crippen molar-refractivity contribution in [1.29, 1.82) is 0 Å². The van der Waals surface area contributed by atoms with Crippen LogP contribution < -0.4 is 5.73 Å². The highest BCUT2D eigenvalue weighted by Crippen LogP contribution is 2.24. The quantitative estimate of drug-likeness (QED) is 0.513. The average Bonchev–Trinajstić information content (AvgIpc) is 3.15. The molecule has 0 saturated carbocycles. The zero-order valence-corrected chi connectivity index (χ0v) is 13.4. The number of rotatable bonds is 7. The summed E-state index contributed by atoms with van der Waals surface area (Å²) in [5.74, 6) is 1.50. The molecule has 0 bridgehead atoms. The number of fused-ring (bicyclic) bond motifs is 1. The first-order valence-corrected chi connectivity index (χ1v) is 8.53. The highest BCUT2D eigenvalue weighted by Gasteiger charge is 2.17. The van der Waals surface area contributed by atoms with Crippen molar-refractivity contribution in [2.75, 3.05) is 5.75 Å². The Hall–Kier alpha value is -1.79. The number of unbranched alkanes of at least 4 members (excludes halogenated alkanes) is 1. The number of nitrogens with two attached hydrogens (primary N) is 1. The van der Waals surface area contributed by atoms with Gasteiger partial charge in [0.25, 0.3) is 5.22 Å². The third-order valence-electron chi connectivity index (χ3n) is 3.58. The molecule has 0 radical (unpaired) electrons. The number of nitrogens with zero attached hydrogens (tertiary/aromatic N) is 2. The Morgan fingerprint density at radius 2 is 2.18 bits per heavy atom. The van der Waals surface area contributed by atoms with Gasteiger partial charge in [-0.3, -0.25) is 0 Å². The van der Waals surface area contributed by atoms with E-state index in [1.165, 1.54) is 10.9 Å². The molecule has 0 amide bonds. The fourth-order valence-electron chi connectivity index (χ4n) is 2.36. The number of hydrogen-bond acceptors (Lipinski definition) is 5. The molecule has 22 heavy (non-hydrogen) atoms. The van der Waals surface area contributed by atoms with E-state index in [2.05, 4.69) is 34.2 Å². The fraction of sp³-hybridized carbons (Fsp3) is 0.375. The number of para-hydroxylation sites is 1. The van der Waals surface area contributed by atoms with Gasteiger partial charge in [-0.05, 0) is 24.5 Å². The van der Waals surface area contributed by atoms with Gasteiger partial charge in [0.05, 0.1) is 6.04 Å². The largest absolute Gasteiger partial charge is 0.414 e. The molecule has 0 fully saturated rings. The zero-order chi connectivity index (χ0) is 15.4. The van der Waals surface area contributed by atoms with Crippen molar-refractivity contribution in [3.63, 3.8) is 0 Å². The average molecular weight is 316 g/mol. The highest BCUT2D eigenvalue weighted by molar-refractivity contribution is 7.99. The molecule has 0 spiro atoms. The third-order valence-corrected chi connectivity index (χ3v) is 4.48. The third kappa shape index (κ3) is 3.34. The maximum Gasteiger partial charge on any atom is 0.276 e. The molecule has 6 heteroatoms. The van der Waals surface area contributed by atoms with Crippen LogP contribution in [0.15, 0.2) is 40.1 Å². The standard InChI is InChI=1S/C16H20N4OS/c1-2-3-8-22-16-20-19-15(21-16)13(17)9-11-10-18-14-7-5-4-6-12(11)14/h4-7,10,13,18H,2-3,8-9,17H2,1H3. The molecule has 0 aliphatic rings. The first-order valence-electron chi connectivity index (χ1n) is 7.54. The van der Waals surface area contributed by atoms with Crippen LogP contribution in [0.5, 0.6) is 0 Å². The molecule has 2 heterocycles. The molecule has 3 N–H and O–H groups in total. The second kappa shape index (κ2) is 6.98. The number of aromatic amines is 1. The van der Waals surface area contributed by atoms with Crippen molar-refractivity contribution in [1.82, 2.24) is 15.2 Å². The Morgan fingerprint density at radius 3 is 3.05 bits per heavy atom. The summed E-state index contributed by atoms with van der Waals surface area (Å²) >= 11 is 1.59. The molecule has 0 saturated heterocycles. The molecule has 0 aliphatic heterocycles. The number of aromatic nitrogens is 3. The van der Waals surface area contributed by atoms with Gasteiger partial charge in [0.2, 0.25) is 5.89 Å². The fourth-order valence-corrected chi connectivity index (χ4v) is 3.21. The van der Waals surface area contributed by atoms with Crippen LogP contribution in [0, 0.1) is 0 Å². The van der Waals surface area contributed by atoms with E-state index in [4.69, 9.17) is 10.2 Å². The molecule has 1 unspecified atom stereocenters. The van der Waals surface area contributed by atoms with Crippen LogP contribution in [0.25, 0.3) is 10.9 Å². The molecule has 2 aromatic heterocycles. The van der Waals surface area contributed by atoms with E-state index >= 15 is 0 Å². The van der Waals surface area contributed by atoms with Crippen LogP contribution in [0.1, 0.15) is 37.3 Å². The Morgan fingerprint density at radius 1 is 1.32 bits per heavy atom. The number of thioether (sulfide) groups is 1. The minimum absolute atomic E-state index is 0.285. The first kappa shape index (κ1) is 15.1. The van der Waals surface area contributed by atoms with Crippen molar-refractivity contribution in [2.24, 2.45) is 5.73 Å². The van der Waals surface area contributed by atoms with Crippen molar-refractivity contribution >= 4 is 22.7 Å². The van der Waals surface area contributed by atoms with Crippen molar-refractivity contribution < 1.29 is 4.42 Å². The molecule has 1 atom stereocenters. The molecular formula is C16H20N4OS. The van der Waals surface area contributed by atoms with Gasteiger partial charge in [0, 0.05) is 22.9 Å². The minimum atomic E-state index is -0.285. The monoisotopic (exact) mass is 316 g/mol. The lowest BCUT2D eigenvalue weighted by Crippen LogP contribution is -2.13. The summed E-state index contributed by atoms with van der Waals surface area (Å²) in [5, 5.41) is 9.94. The van der Waals surface area contributed by atoms with E-state index < -0.39 is 0 Å². The number of hydrogen-bond donors (Lipinski definition) is 2. The second-order valence-corrected chi connectivity index (χ2v) is 6.32. The van der Waals surface area contributed by atoms with E-state index in [9.17, 15) is 0 Å². The van der Waals surface area contributed by atoms with Gasteiger partial charge in [-0.25, -0.2) is 0 Å². The summed E-state index contributed by atoms with van der Waals surface area (Å²) in [6.07, 6.45) is 4.97. The van der Waals surface area contributed by atoms with Crippen molar-refractivity contribution in [3.05, 3.63) is 41.9 Å². The molecule has 0 aliphatic carbocycles. The van der Waals surface area contributed by atoms with Gasteiger partial charge in [0.1, 0.15) is 0 Å². The Kier molecular flexibility index (Phi) is 4.80. The summed E-state index contributed by atoms with van der Waals surface area (Å²) in [4.78, 5) is 3.26. The summed E-state index contributed by atoms with van der Waals surface area (Å²) in [6, 6.07) is 7.90. The van der Waals surface area contributed by atoms with Crippen LogP contribution in [0.4, 0.5) is 0 Å². The van der Waals surface area contributed by atoms with Gasteiger partial charge in [0.15, 0.2) is 0 Å². The maximum absolute atomic E-state index is 6.23. The highest BCUT2D eigenvalue weighted by atomic mass is 32.2. The lowest BCUT2D eigenvalue weighted by Gasteiger charge is -2.05. The van der Waals surface area contributed by atoms with E-state index in [1.807, 2.05) is 18.3 Å². The molecule has 3 aromatic rings. The lowest BCUT2D eigenvalue weighted by molar-refractivity contribution is 0.385. The lowest BCUT2D eigenvalue weighted by atomic mass is 10.1. The summed E-state index contributed by atoms with van der Waals surface area (Å²) in [7, 11) is 0. The SMILES string of the molecule is CCCCSc1nnc(C(N)Cc2c[nH]c3ccccc23)o1. The molecule has 116 valence electrons. The Bertz CT molecular complexity index is 736. The summed E-state index contributed by atoms with van der Waals surface area (Å²) in [6.45, 7) is 2.16. The van der Waals surface area contributed by atoms with E-state index in [-0.39, 0.29) is 6.04 Å². The topological polar surface area (TPSA) is 80.7 Å². The normalized spacial score (nSPS) is 12.8. The Labute approximate surface area is 133 Å². The van der Waals surface area contributed by atoms with Crippen LogP contribution in [-0.2, 0) is 6.42 Å². The summed E-state index contributed by atoms with van der Waals surface area (Å²) < 4.78 is 5.66. The van der Waals surface area contributed by atoms with E-state index in [1.54, 1.807) is 11.8 Å². The van der Waals surface area contributed by atoms with Gasteiger partial charge in [-0.15, -0.1) is 10.2 Å². The first-order chi connectivity index (χ1) is 10.8. The number of benzene rings is 1. The Balaban J connectivity index is 1.68. The van der Waals surface area contributed by atoms with Crippen LogP contribution in [0.3, 0.4) is 0 Å². The van der Waals surface area contributed by atoms with Gasteiger partial charge in [-0.1, -0.05) is 43.3 Å². The number of nitrogens with one attached hydrogen (secondary N) is 1. The van der Waals surface area contributed by atoms with Crippen molar-refractivity contribution in [2.45, 2.75) is 37.5 Å². The van der Waals surface area contributed by atoms with Gasteiger partial charge < -0.3 is 15.1 Å². The zero-order valence-electron chi connectivity index (χ0n) is 12.6. The predicted molar refractivity (Wildman–Crippen MR) is 88.9 cm³/mol. The molecular weight excluding hydrogens is 296 g/mol. The minimum Gasteiger partial charge on any atom is -0.414 e. The van der Waals surface area contributed by atoms with Crippen molar-refractivity contribution in [3.8, 4) is 0 Å². The smallest absolute Gasteiger partial charge is 0.276 e. The number of H-pyrrole nitrogens is 1. The molecule has 3 rings (SSSR count). The predicted octanol–water partition coefficient (Wildman–Crippen LogP) is 3.69. The van der Waals surface area contributed by atoms with Crippen LogP contribution in [0.2, 0.25) is 0 Å². The second-order valence-electron chi connectivity index (χ2n) is 5.28. The van der Waals surface area contributed by atoms with Gasteiger partial charge in [-0.2, -0.15) is 0 Å². The van der Waals surface area contributed by atoms with Crippen LogP contribution >= 0.6 is 11.8 Å². The molecule has 5 nitrogen and oxygen atoms in total. The summed E-state index contributed by atoms with van der Waals surface area (Å²) in [5.41, 5.74) is 8.51. The van der Waals surface area contributed by atoms with E-state index in [0.29, 0.717) is 17.5 Å². The van der Waals surface area contributed by atoms with E-state index in [0.717, 1.165) is 24.1 Å². The maximum atomic E-state index is 6.23. The molecule has 1 aromatic carbocycles. The van der Waals surface area contributed by atoms with Gasteiger partial charge >= 0.3 is 0 Å².